The topological polar surface area (TPSA) is 69.3 Å². The fraction of sp³-hybridized carbons (Fsp3) is 0.421. The van der Waals surface area contributed by atoms with Gasteiger partial charge in [-0.2, -0.15) is 0 Å². The molecule has 0 radical (unpaired) electrons. The molecule has 1 N–H and O–H groups in total. The Morgan fingerprint density at radius 3 is 2.78 bits per heavy atom. The number of halogens is 2. The summed E-state index contributed by atoms with van der Waals surface area (Å²) in [6.45, 7) is 3.20. The highest BCUT2D eigenvalue weighted by Crippen LogP contribution is 2.26. The van der Waals surface area contributed by atoms with Gasteiger partial charge in [0.25, 0.3) is 0 Å². The highest BCUT2D eigenvalue weighted by Gasteiger charge is 2.34. The van der Waals surface area contributed by atoms with Crippen LogP contribution in [0.25, 0.3) is 11.4 Å². The third-order valence-electron chi connectivity index (χ3n) is 5.26. The van der Waals surface area contributed by atoms with Gasteiger partial charge in [-0.05, 0) is 25.5 Å². The molecule has 2 aliphatic heterocycles. The van der Waals surface area contributed by atoms with Crippen molar-refractivity contribution in [2.24, 2.45) is 0 Å². The van der Waals surface area contributed by atoms with Crippen molar-refractivity contribution >= 4 is 11.8 Å². The molecule has 2 aliphatic rings. The van der Waals surface area contributed by atoms with E-state index < -0.39 is 17.7 Å². The van der Waals surface area contributed by atoms with E-state index in [0.29, 0.717) is 38.3 Å². The van der Waals surface area contributed by atoms with Crippen molar-refractivity contribution in [1.82, 2.24) is 19.8 Å². The van der Waals surface area contributed by atoms with E-state index in [9.17, 15) is 18.4 Å². The van der Waals surface area contributed by atoms with E-state index >= 15 is 0 Å². The second-order valence-electron chi connectivity index (χ2n) is 7.01. The standard InChI is InChI=1S/C19H20F2N4O2/c1-11(25-7-2-3-17(25)26)19(27)24-8-6-15-16(10-24)23-18(22-15)13-5-4-12(20)9-14(13)21/h4-5,9,11H,2-3,6-8,10H2,1H3,(H,22,23)/t11-/m0/s1. The summed E-state index contributed by atoms with van der Waals surface area (Å²) in [6, 6.07) is 2.86. The molecule has 142 valence electrons. The lowest BCUT2D eigenvalue weighted by molar-refractivity contribution is -0.143. The Morgan fingerprint density at radius 1 is 1.26 bits per heavy atom. The van der Waals surface area contributed by atoms with E-state index in [4.69, 9.17) is 0 Å². The number of aromatic amines is 1. The maximum Gasteiger partial charge on any atom is 0.245 e. The summed E-state index contributed by atoms with van der Waals surface area (Å²) >= 11 is 0. The van der Waals surface area contributed by atoms with Crippen LogP contribution in [0, 0.1) is 11.6 Å². The van der Waals surface area contributed by atoms with Gasteiger partial charge >= 0.3 is 0 Å². The normalized spacial score (nSPS) is 18.0. The lowest BCUT2D eigenvalue weighted by atomic mass is 10.1. The number of carbonyl (C=O) groups excluding carboxylic acids is 2. The highest BCUT2D eigenvalue weighted by molar-refractivity contribution is 5.88. The van der Waals surface area contributed by atoms with Crippen LogP contribution in [0.4, 0.5) is 8.78 Å². The van der Waals surface area contributed by atoms with Gasteiger partial charge < -0.3 is 14.8 Å². The maximum atomic E-state index is 14.0. The Balaban J connectivity index is 1.52. The van der Waals surface area contributed by atoms with Crippen LogP contribution in [0.2, 0.25) is 0 Å². The van der Waals surface area contributed by atoms with Gasteiger partial charge in [-0.15, -0.1) is 0 Å². The van der Waals surface area contributed by atoms with Crippen molar-refractivity contribution in [3.63, 3.8) is 0 Å². The number of aromatic nitrogens is 2. The average molecular weight is 374 g/mol. The molecule has 1 aromatic carbocycles. The molecule has 0 bridgehead atoms. The number of hydrogen-bond acceptors (Lipinski definition) is 3. The number of carbonyl (C=O) groups is 2. The smallest absolute Gasteiger partial charge is 0.245 e. The summed E-state index contributed by atoms with van der Waals surface area (Å²) in [6.07, 6.45) is 1.82. The first-order valence-electron chi connectivity index (χ1n) is 9.05. The zero-order valence-corrected chi connectivity index (χ0v) is 15.0. The van der Waals surface area contributed by atoms with Crippen LogP contribution >= 0.6 is 0 Å². The number of rotatable bonds is 3. The van der Waals surface area contributed by atoms with Gasteiger partial charge in [0.2, 0.25) is 11.8 Å². The molecule has 1 aromatic heterocycles. The molecule has 27 heavy (non-hydrogen) atoms. The van der Waals surface area contributed by atoms with Crippen molar-refractivity contribution in [3.05, 3.63) is 41.2 Å². The Hall–Kier alpha value is -2.77. The van der Waals surface area contributed by atoms with Crippen LogP contribution in [-0.4, -0.2) is 50.7 Å². The van der Waals surface area contributed by atoms with Crippen molar-refractivity contribution < 1.29 is 18.4 Å². The third-order valence-corrected chi connectivity index (χ3v) is 5.26. The highest BCUT2D eigenvalue weighted by atomic mass is 19.1. The van der Waals surface area contributed by atoms with Crippen LogP contribution in [0.15, 0.2) is 18.2 Å². The number of nitrogens with one attached hydrogen (secondary N) is 1. The van der Waals surface area contributed by atoms with Crippen molar-refractivity contribution in [2.45, 2.75) is 38.8 Å². The van der Waals surface area contributed by atoms with Gasteiger partial charge in [0.1, 0.15) is 23.5 Å². The first-order chi connectivity index (χ1) is 12.9. The fourth-order valence-electron chi connectivity index (χ4n) is 3.77. The average Bonchev–Trinajstić information content (AvgIpc) is 3.25. The molecule has 1 fully saturated rings. The molecule has 0 saturated carbocycles. The molecule has 0 unspecified atom stereocenters. The molecule has 3 heterocycles. The van der Waals surface area contributed by atoms with Crippen LogP contribution in [0.3, 0.4) is 0 Å². The minimum Gasteiger partial charge on any atom is -0.340 e. The summed E-state index contributed by atoms with van der Waals surface area (Å²) in [5.74, 6) is -1.08. The largest absolute Gasteiger partial charge is 0.340 e. The molecule has 2 amide bonds. The molecule has 4 rings (SSSR count). The number of nitrogens with zero attached hydrogens (tertiary/aromatic N) is 3. The molecular formula is C19H20F2N4O2. The third kappa shape index (κ3) is 3.20. The minimum atomic E-state index is -0.685. The molecule has 1 saturated heterocycles. The van der Waals surface area contributed by atoms with Crippen LogP contribution in [-0.2, 0) is 22.6 Å². The van der Waals surface area contributed by atoms with Gasteiger partial charge in [0, 0.05) is 32.0 Å². The Bertz CT molecular complexity index is 911. The molecule has 6 nitrogen and oxygen atoms in total. The molecule has 0 spiro atoms. The fourth-order valence-corrected chi connectivity index (χ4v) is 3.77. The van der Waals surface area contributed by atoms with Gasteiger partial charge in [-0.3, -0.25) is 9.59 Å². The van der Waals surface area contributed by atoms with Gasteiger partial charge in [-0.25, -0.2) is 13.8 Å². The molecule has 1 atom stereocenters. The summed E-state index contributed by atoms with van der Waals surface area (Å²) in [5.41, 5.74) is 1.72. The van der Waals surface area contributed by atoms with E-state index in [1.165, 1.54) is 12.1 Å². The molecule has 0 aliphatic carbocycles. The molecule has 8 heteroatoms. The van der Waals surface area contributed by atoms with E-state index in [2.05, 4.69) is 9.97 Å². The van der Waals surface area contributed by atoms with E-state index in [1.807, 2.05) is 0 Å². The Morgan fingerprint density at radius 2 is 2.07 bits per heavy atom. The number of imidazole rings is 1. The lowest BCUT2D eigenvalue weighted by Crippen LogP contribution is -2.49. The van der Waals surface area contributed by atoms with Gasteiger partial charge in [0.15, 0.2) is 0 Å². The number of amides is 2. The number of fused-ring (bicyclic) bond motifs is 1. The number of H-pyrrole nitrogens is 1. The minimum absolute atomic E-state index is 0.0177. The van der Waals surface area contributed by atoms with Crippen molar-refractivity contribution in [1.29, 1.82) is 0 Å². The second kappa shape index (κ2) is 6.75. The number of likely N-dealkylation sites (tertiary alicyclic amines) is 1. The lowest BCUT2D eigenvalue weighted by Gasteiger charge is -2.32. The second-order valence-corrected chi connectivity index (χ2v) is 7.01. The van der Waals surface area contributed by atoms with E-state index in [-0.39, 0.29) is 17.4 Å². The van der Waals surface area contributed by atoms with Crippen LogP contribution in [0.1, 0.15) is 31.2 Å². The van der Waals surface area contributed by atoms with Crippen molar-refractivity contribution in [3.8, 4) is 11.4 Å². The van der Waals surface area contributed by atoms with Crippen LogP contribution in [0.5, 0.6) is 0 Å². The van der Waals surface area contributed by atoms with Crippen molar-refractivity contribution in [2.75, 3.05) is 13.1 Å². The predicted octanol–water partition coefficient (Wildman–Crippen LogP) is 2.25. The first kappa shape index (κ1) is 17.6. The first-order valence-corrected chi connectivity index (χ1v) is 9.05. The summed E-state index contributed by atoms with van der Waals surface area (Å²) in [5, 5.41) is 0. The zero-order valence-electron chi connectivity index (χ0n) is 15.0. The van der Waals surface area contributed by atoms with Gasteiger partial charge in [0.05, 0.1) is 23.5 Å². The number of benzene rings is 1. The number of hydrogen-bond donors (Lipinski definition) is 1. The summed E-state index contributed by atoms with van der Waals surface area (Å²) in [7, 11) is 0. The molecular weight excluding hydrogens is 354 g/mol. The summed E-state index contributed by atoms with van der Waals surface area (Å²) < 4.78 is 27.1. The SMILES string of the molecule is C[C@@H](C(=O)N1CCc2nc(-c3ccc(F)cc3F)[nH]c2C1)N1CCCC1=O. The molecule has 2 aromatic rings. The Labute approximate surface area is 155 Å². The maximum absolute atomic E-state index is 14.0. The Kier molecular flexibility index (Phi) is 4.41. The van der Waals surface area contributed by atoms with Crippen LogP contribution < -0.4 is 0 Å². The zero-order chi connectivity index (χ0) is 19.1. The van der Waals surface area contributed by atoms with Gasteiger partial charge in [-0.1, -0.05) is 0 Å². The van der Waals surface area contributed by atoms with E-state index in [0.717, 1.165) is 23.9 Å². The quantitative estimate of drug-likeness (QED) is 0.896. The predicted molar refractivity (Wildman–Crippen MR) is 93.5 cm³/mol. The summed E-state index contributed by atoms with van der Waals surface area (Å²) in [4.78, 5) is 35.5. The van der Waals surface area contributed by atoms with E-state index in [1.54, 1.807) is 16.7 Å². The monoisotopic (exact) mass is 374 g/mol.